The van der Waals surface area contributed by atoms with Crippen LogP contribution in [0.3, 0.4) is 0 Å². The summed E-state index contributed by atoms with van der Waals surface area (Å²) in [5.74, 6) is 1.40. The first kappa shape index (κ1) is 20.7. The van der Waals surface area contributed by atoms with Crippen molar-refractivity contribution < 1.29 is 14.1 Å². The summed E-state index contributed by atoms with van der Waals surface area (Å²) in [5.41, 5.74) is 1.65. The van der Waals surface area contributed by atoms with Crippen LogP contribution in [0.4, 0.5) is 4.79 Å². The van der Waals surface area contributed by atoms with E-state index < -0.39 is 0 Å². The topological polar surface area (TPSA) is 74.1 Å². The molecule has 2 aliphatic rings. The van der Waals surface area contributed by atoms with Crippen molar-refractivity contribution in [3.05, 3.63) is 36.1 Å². The third kappa shape index (κ3) is 4.94. The maximum absolute atomic E-state index is 12.6. The summed E-state index contributed by atoms with van der Waals surface area (Å²) in [5, 5.41) is 7.08. The van der Waals surface area contributed by atoms with Gasteiger partial charge in [-0.1, -0.05) is 17.3 Å². The first-order valence-electron chi connectivity index (χ1n) is 10.7. The van der Waals surface area contributed by atoms with Gasteiger partial charge >= 0.3 is 6.03 Å². The van der Waals surface area contributed by atoms with E-state index in [1.807, 2.05) is 35.2 Å². The number of nitrogens with one attached hydrogen (secondary N) is 1. The SMILES string of the molecule is COc1cccc(-c2cc(CNC(=O)N3CCC(N4CCN(C)CC4)CC3)on2)c1. The van der Waals surface area contributed by atoms with Gasteiger partial charge in [0.15, 0.2) is 5.76 Å². The molecule has 30 heavy (non-hydrogen) atoms. The van der Waals surface area contributed by atoms with Crippen molar-refractivity contribution in [2.75, 3.05) is 53.4 Å². The zero-order valence-corrected chi connectivity index (χ0v) is 17.8. The standard InChI is InChI=1S/C22H31N5O3/c1-25-10-12-26(13-11-25)18-6-8-27(9-7-18)22(28)23-16-20-15-21(24-30-20)17-4-3-5-19(14-17)29-2/h3-5,14-15,18H,6-13,16H2,1-2H3,(H,23,28). The van der Waals surface area contributed by atoms with Crippen LogP contribution in [0.25, 0.3) is 11.3 Å². The Bertz CT molecular complexity index is 839. The number of hydrogen-bond donors (Lipinski definition) is 1. The molecule has 8 heteroatoms. The molecular formula is C22H31N5O3. The van der Waals surface area contributed by atoms with E-state index in [1.165, 1.54) is 0 Å². The van der Waals surface area contributed by atoms with Gasteiger partial charge in [-0.05, 0) is 32.0 Å². The van der Waals surface area contributed by atoms with Gasteiger partial charge in [0.25, 0.3) is 0 Å². The molecule has 4 rings (SSSR count). The largest absolute Gasteiger partial charge is 0.497 e. The van der Waals surface area contributed by atoms with Crippen molar-refractivity contribution in [1.29, 1.82) is 0 Å². The average molecular weight is 414 g/mol. The number of amides is 2. The van der Waals surface area contributed by atoms with E-state index in [2.05, 4.69) is 27.3 Å². The number of likely N-dealkylation sites (N-methyl/N-ethyl adjacent to an activating group) is 1. The van der Waals surface area contributed by atoms with E-state index >= 15 is 0 Å². The molecule has 1 aromatic carbocycles. The molecule has 2 aromatic rings. The maximum atomic E-state index is 12.6. The lowest BCUT2D eigenvalue weighted by molar-refractivity contribution is 0.0746. The lowest BCUT2D eigenvalue weighted by Crippen LogP contribution is -2.53. The second-order valence-electron chi connectivity index (χ2n) is 8.13. The van der Waals surface area contributed by atoms with Crippen molar-refractivity contribution >= 4 is 6.03 Å². The highest BCUT2D eigenvalue weighted by molar-refractivity contribution is 5.74. The Labute approximate surface area is 177 Å². The van der Waals surface area contributed by atoms with Gasteiger partial charge < -0.3 is 24.4 Å². The van der Waals surface area contributed by atoms with E-state index in [0.717, 1.165) is 69.1 Å². The minimum absolute atomic E-state index is 0.0360. The van der Waals surface area contributed by atoms with Crippen LogP contribution in [0.1, 0.15) is 18.6 Å². The van der Waals surface area contributed by atoms with E-state index in [0.29, 0.717) is 18.3 Å². The molecule has 2 amide bonds. The summed E-state index contributed by atoms with van der Waals surface area (Å²) < 4.78 is 10.7. The molecule has 0 atom stereocenters. The van der Waals surface area contributed by atoms with E-state index in [1.54, 1.807) is 7.11 Å². The predicted molar refractivity (Wildman–Crippen MR) is 114 cm³/mol. The number of nitrogens with zero attached hydrogens (tertiary/aromatic N) is 4. The Morgan fingerprint density at radius 2 is 1.93 bits per heavy atom. The zero-order valence-electron chi connectivity index (χ0n) is 17.8. The third-order valence-electron chi connectivity index (χ3n) is 6.14. The van der Waals surface area contributed by atoms with Gasteiger partial charge in [0, 0.05) is 56.9 Å². The molecule has 0 unspecified atom stereocenters. The van der Waals surface area contributed by atoms with Crippen LogP contribution in [0, 0.1) is 0 Å². The van der Waals surface area contributed by atoms with Gasteiger partial charge in [-0.25, -0.2) is 4.79 Å². The van der Waals surface area contributed by atoms with Gasteiger partial charge in [0.1, 0.15) is 11.4 Å². The van der Waals surface area contributed by atoms with Crippen LogP contribution in [-0.4, -0.2) is 85.4 Å². The van der Waals surface area contributed by atoms with Crippen LogP contribution in [0.2, 0.25) is 0 Å². The molecule has 0 saturated carbocycles. The van der Waals surface area contributed by atoms with Crippen LogP contribution >= 0.6 is 0 Å². The van der Waals surface area contributed by atoms with E-state index in [9.17, 15) is 4.79 Å². The Balaban J connectivity index is 1.24. The van der Waals surface area contributed by atoms with Crippen LogP contribution < -0.4 is 10.1 Å². The molecule has 3 heterocycles. The highest BCUT2D eigenvalue weighted by Crippen LogP contribution is 2.23. The Morgan fingerprint density at radius 1 is 1.17 bits per heavy atom. The number of urea groups is 1. The summed E-state index contributed by atoms with van der Waals surface area (Å²) in [6, 6.07) is 10.1. The van der Waals surface area contributed by atoms with Crippen molar-refractivity contribution in [3.8, 4) is 17.0 Å². The molecule has 0 radical (unpaired) electrons. The Kier molecular flexibility index (Phi) is 6.54. The molecular weight excluding hydrogens is 382 g/mol. The minimum atomic E-state index is -0.0360. The van der Waals surface area contributed by atoms with Crippen molar-refractivity contribution in [1.82, 2.24) is 25.2 Å². The maximum Gasteiger partial charge on any atom is 0.317 e. The first-order chi connectivity index (χ1) is 14.6. The Morgan fingerprint density at radius 3 is 2.67 bits per heavy atom. The monoisotopic (exact) mass is 413 g/mol. The van der Waals surface area contributed by atoms with Gasteiger partial charge in [0.2, 0.25) is 0 Å². The first-order valence-corrected chi connectivity index (χ1v) is 10.7. The number of benzene rings is 1. The molecule has 2 aliphatic heterocycles. The predicted octanol–water partition coefficient (Wildman–Crippen LogP) is 2.27. The van der Waals surface area contributed by atoms with Crippen LogP contribution in [0.5, 0.6) is 5.75 Å². The zero-order chi connectivity index (χ0) is 20.9. The number of aromatic nitrogens is 1. The van der Waals surface area contributed by atoms with Gasteiger partial charge in [-0.2, -0.15) is 0 Å². The number of piperidine rings is 1. The number of rotatable bonds is 5. The molecule has 0 spiro atoms. The summed E-state index contributed by atoms with van der Waals surface area (Å²) >= 11 is 0. The molecule has 1 aromatic heterocycles. The lowest BCUT2D eigenvalue weighted by atomic mass is 10.0. The molecule has 8 nitrogen and oxygen atoms in total. The second-order valence-corrected chi connectivity index (χ2v) is 8.13. The highest BCUT2D eigenvalue weighted by atomic mass is 16.5. The molecule has 162 valence electrons. The number of piperazine rings is 1. The average Bonchev–Trinajstić information content (AvgIpc) is 3.27. The molecule has 2 saturated heterocycles. The van der Waals surface area contributed by atoms with Gasteiger partial charge in [0.05, 0.1) is 13.7 Å². The molecule has 1 N–H and O–H groups in total. The quantitative estimate of drug-likeness (QED) is 0.811. The van der Waals surface area contributed by atoms with Crippen molar-refractivity contribution in [2.45, 2.75) is 25.4 Å². The van der Waals surface area contributed by atoms with Gasteiger partial charge in [-0.3, -0.25) is 4.90 Å². The number of likely N-dealkylation sites (tertiary alicyclic amines) is 1. The van der Waals surface area contributed by atoms with Crippen LogP contribution in [-0.2, 0) is 6.54 Å². The van der Waals surface area contributed by atoms with Crippen LogP contribution in [0.15, 0.2) is 34.9 Å². The number of ether oxygens (including phenoxy) is 1. The van der Waals surface area contributed by atoms with Crippen molar-refractivity contribution in [3.63, 3.8) is 0 Å². The minimum Gasteiger partial charge on any atom is -0.497 e. The Hall–Kier alpha value is -2.58. The summed E-state index contributed by atoms with van der Waals surface area (Å²) in [7, 11) is 3.81. The summed E-state index contributed by atoms with van der Waals surface area (Å²) in [6.45, 7) is 6.46. The number of carbonyl (C=O) groups excluding carboxylic acids is 1. The summed E-state index contributed by atoms with van der Waals surface area (Å²) in [4.78, 5) is 19.4. The highest BCUT2D eigenvalue weighted by Gasteiger charge is 2.28. The smallest absolute Gasteiger partial charge is 0.317 e. The number of methoxy groups -OCH3 is 1. The molecule has 0 bridgehead atoms. The van der Waals surface area contributed by atoms with E-state index in [4.69, 9.17) is 9.26 Å². The molecule has 0 aliphatic carbocycles. The fourth-order valence-corrected chi connectivity index (χ4v) is 4.21. The number of carbonyl (C=O) groups is 1. The van der Waals surface area contributed by atoms with Gasteiger partial charge in [-0.15, -0.1) is 0 Å². The molecule has 2 fully saturated rings. The second kappa shape index (κ2) is 9.49. The van der Waals surface area contributed by atoms with E-state index in [-0.39, 0.29) is 6.03 Å². The third-order valence-corrected chi connectivity index (χ3v) is 6.14. The number of hydrogen-bond acceptors (Lipinski definition) is 6. The fraction of sp³-hybridized carbons (Fsp3) is 0.545. The normalized spacial score (nSPS) is 19.1. The summed E-state index contributed by atoms with van der Waals surface area (Å²) in [6.07, 6.45) is 2.08. The van der Waals surface area contributed by atoms with Crippen molar-refractivity contribution in [2.24, 2.45) is 0 Å². The fourth-order valence-electron chi connectivity index (χ4n) is 4.21. The lowest BCUT2D eigenvalue weighted by Gasteiger charge is -2.42.